The Morgan fingerprint density at radius 3 is 2.43 bits per heavy atom. The normalized spacial score (nSPS) is 15.0. The van der Waals surface area contributed by atoms with Crippen LogP contribution in [-0.2, 0) is 4.79 Å². The summed E-state index contributed by atoms with van der Waals surface area (Å²) < 4.78 is 18.8. The maximum Gasteiger partial charge on any atom is 0.265 e. The molecule has 1 aliphatic heterocycles. The Morgan fingerprint density at radius 2 is 1.75 bits per heavy atom. The topological polar surface area (TPSA) is 58.6 Å². The number of para-hydroxylation sites is 1. The number of hydrogen-bond acceptors (Lipinski definition) is 3. The van der Waals surface area contributed by atoms with Gasteiger partial charge in [-0.05, 0) is 62.1 Å². The zero-order valence-corrected chi connectivity index (χ0v) is 16.0. The first-order chi connectivity index (χ1) is 13.6. The number of piperidine rings is 1. The van der Waals surface area contributed by atoms with Crippen LogP contribution in [-0.4, -0.2) is 35.9 Å². The molecule has 148 valence electrons. The van der Waals surface area contributed by atoms with E-state index in [2.05, 4.69) is 5.32 Å². The van der Waals surface area contributed by atoms with Crippen LogP contribution in [0.1, 0.15) is 43.0 Å². The second-order valence-corrected chi connectivity index (χ2v) is 6.86. The fraction of sp³-hybridized carbons (Fsp3) is 0.364. The average Bonchev–Trinajstić information content (AvgIpc) is 2.73. The number of ether oxygens (including phenoxy) is 1. The average molecular weight is 384 g/mol. The van der Waals surface area contributed by atoms with Crippen molar-refractivity contribution >= 4 is 17.5 Å². The van der Waals surface area contributed by atoms with Crippen LogP contribution in [0.2, 0.25) is 0 Å². The van der Waals surface area contributed by atoms with Crippen LogP contribution in [0.25, 0.3) is 0 Å². The number of anilines is 1. The molecule has 1 atom stereocenters. The maximum atomic E-state index is 13.1. The third kappa shape index (κ3) is 4.88. The second-order valence-electron chi connectivity index (χ2n) is 6.86. The molecule has 2 aromatic rings. The maximum absolute atomic E-state index is 13.1. The largest absolute Gasteiger partial charge is 0.481 e. The number of hydrogen-bond donors (Lipinski definition) is 1. The molecule has 0 saturated carbocycles. The third-order valence-electron chi connectivity index (χ3n) is 4.81. The summed E-state index contributed by atoms with van der Waals surface area (Å²) in [6.07, 6.45) is 2.84. The van der Waals surface area contributed by atoms with Crippen molar-refractivity contribution in [3.05, 3.63) is 59.9 Å². The molecule has 6 heteroatoms. The molecule has 2 amide bonds. The zero-order valence-electron chi connectivity index (χ0n) is 16.0. The highest BCUT2D eigenvalue weighted by molar-refractivity contribution is 6.04. The van der Waals surface area contributed by atoms with Crippen LogP contribution < -0.4 is 10.1 Å². The van der Waals surface area contributed by atoms with Gasteiger partial charge < -0.3 is 15.0 Å². The van der Waals surface area contributed by atoms with E-state index in [-0.39, 0.29) is 17.6 Å². The first-order valence-electron chi connectivity index (χ1n) is 9.70. The lowest BCUT2D eigenvalue weighted by molar-refractivity contribution is -0.122. The zero-order chi connectivity index (χ0) is 19.9. The van der Waals surface area contributed by atoms with Crippen molar-refractivity contribution in [2.24, 2.45) is 0 Å². The Labute approximate surface area is 164 Å². The number of carbonyl (C=O) groups is 2. The Balaban J connectivity index is 1.72. The molecule has 0 bridgehead atoms. The fourth-order valence-corrected chi connectivity index (χ4v) is 3.26. The third-order valence-corrected chi connectivity index (χ3v) is 4.81. The van der Waals surface area contributed by atoms with Gasteiger partial charge >= 0.3 is 0 Å². The van der Waals surface area contributed by atoms with Crippen molar-refractivity contribution in [2.45, 2.75) is 38.7 Å². The van der Waals surface area contributed by atoms with Crippen LogP contribution in [0.4, 0.5) is 10.1 Å². The molecular formula is C22H25FN2O3. The monoisotopic (exact) mass is 384 g/mol. The van der Waals surface area contributed by atoms with E-state index in [1.807, 2.05) is 11.8 Å². The van der Waals surface area contributed by atoms with Gasteiger partial charge in [-0.1, -0.05) is 19.1 Å². The lowest BCUT2D eigenvalue weighted by atomic mass is 10.1. The number of rotatable bonds is 6. The Morgan fingerprint density at radius 1 is 1.07 bits per heavy atom. The van der Waals surface area contributed by atoms with E-state index < -0.39 is 6.10 Å². The van der Waals surface area contributed by atoms with Gasteiger partial charge in [-0.3, -0.25) is 9.59 Å². The Bertz CT molecular complexity index is 817. The number of nitrogens with one attached hydrogen (secondary N) is 1. The van der Waals surface area contributed by atoms with E-state index in [4.69, 9.17) is 4.74 Å². The van der Waals surface area contributed by atoms with E-state index in [1.165, 1.54) is 24.3 Å². The number of nitrogens with zero attached hydrogens (tertiary/aromatic N) is 1. The minimum atomic E-state index is -0.747. The lowest BCUT2D eigenvalue weighted by Crippen LogP contribution is -2.37. The van der Waals surface area contributed by atoms with Crippen molar-refractivity contribution in [3.63, 3.8) is 0 Å². The lowest BCUT2D eigenvalue weighted by Gasteiger charge is -2.27. The SMILES string of the molecule is CC[C@H](Oc1ccc(F)cc1)C(=O)Nc1ccccc1C(=O)N1CCCCC1. The van der Waals surface area contributed by atoms with Crippen molar-refractivity contribution < 1.29 is 18.7 Å². The second kappa shape index (κ2) is 9.35. The van der Waals surface area contributed by atoms with Gasteiger partial charge in [0, 0.05) is 13.1 Å². The molecule has 1 heterocycles. The first-order valence-corrected chi connectivity index (χ1v) is 9.70. The van der Waals surface area contributed by atoms with Crippen molar-refractivity contribution in [3.8, 4) is 5.75 Å². The van der Waals surface area contributed by atoms with E-state index in [0.717, 1.165) is 32.4 Å². The molecule has 1 aliphatic rings. The molecule has 28 heavy (non-hydrogen) atoms. The molecule has 1 fully saturated rings. The summed E-state index contributed by atoms with van der Waals surface area (Å²) in [6.45, 7) is 3.32. The van der Waals surface area contributed by atoms with Crippen LogP contribution in [0.3, 0.4) is 0 Å². The van der Waals surface area contributed by atoms with Crippen molar-refractivity contribution in [1.29, 1.82) is 0 Å². The summed E-state index contributed by atoms with van der Waals surface area (Å²) in [5.74, 6) is -0.357. The van der Waals surface area contributed by atoms with Crippen LogP contribution in [0, 0.1) is 5.82 Å². The molecule has 0 unspecified atom stereocenters. The molecule has 1 saturated heterocycles. The summed E-state index contributed by atoms with van der Waals surface area (Å²) in [6, 6.07) is 12.6. The van der Waals surface area contributed by atoms with Crippen LogP contribution in [0.15, 0.2) is 48.5 Å². The van der Waals surface area contributed by atoms with Gasteiger partial charge in [-0.25, -0.2) is 4.39 Å². The fourth-order valence-electron chi connectivity index (χ4n) is 3.26. The minimum Gasteiger partial charge on any atom is -0.481 e. The smallest absolute Gasteiger partial charge is 0.265 e. The Kier molecular flexibility index (Phi) is 6.63. The highest BCUT2D eigenvalue weighted by Crippen LogP contribution is 2.21. The number of amides is 2. The highest BCUT2D eigenvalue weighted by Gasteiger charge is 2.24. The van der Waals surface area contributed by atoms with E-state index in [1.54, 1.807) is 24.3 Å². The molecule has 5 nitrogen and oxygen atoms in total. The molecular weight excluding hydrogens is 359 g/mol. The Hall–Kier alpha value is -2.89. The predicted molar refractivity (Wildman–Crippen MR) is 106 cm³/mol. The molecule has 0 aromatic heterocycles. The molecule has 0 radical (unpaired) electrons. The van der Waals surface area contributed by atoms with Gasteiger partial charge in [0.05, 0.1) is 11.3 Å². The number of carbonyl (C=O) groups excluding carboxylic acids is 2. The predicted octanol–water partition coefficient (Wildman–Crippen LogP) is 4.25. The standard InChI is InChI=1S/C22H25FN2O3/c1-2-20(28-17-12-10-16(23)11-13-17)21(26)24-19-9-5-4-8-18(19)22(27)25-14-6-3-7-15-25/h4-5,8-13,20H,2-3,6-7,14-15H2,1H3,(H,24,26)/t20-/m0/s1. The van der Waals surface area contributed by atoms with Crippen molar-refractivity contribution in [1.82, 2.24) is 4.90 Å². The number of halogens is 1. The quantitative estimate of drug-likeness (QED) is 0.810. The molecule has 0 spiro atoms. The van der Waals surface area contributed by atoms with Gasteiger partial charge in [0.15, 0.2) is 6.10 Å². The summed E-state index contributed by atoms with van der Waals surface area (Å²) in [7, 11) is 0. The van der Waals surface area contributed by atoms with Gasteiger partial charge in [-0.15, -0.1) is 0 Å². The number of likely N-dealkylation sites (tertiary alicyclic amines) is 1. The summed E-state index contributed by atoms with van der Waals surface area (Å²) >= 11 is 0. The molecule has 3 rings (SSSR count). The molecule has 0 aliphatic carbocycles. The summed E-state index contributed by atoms with van der Waals surface area (Å²) in [5, 5.41) is 2.83. The minimum absolute atomic E-state index is 0.0666. The molecule has 1 N–H and O–H groups in total. The van der Waals surface area contributed by atoms with Crippen molar-refractivity contribution in [2.75, 3.05) is 18.4 Å². The number of benzene rings is 2. The van der Waals surface area contributed by atoms with E-state index in [9.17, 15) is 14.0 Å². The first kappa shape index (κ1) is 19.9. The van der Waals surface area contributed by atoms with Crippen LogP contribution in [0.5, 0.6) is 5.75 Å². The van der Waals surface area contributed by atoms with Gasteiger partial charge in [0.25, 0.3) is 11.8 Å². The van der Waals surface area contributed by atoms with Gasteiger partial charge in [-0.2, -0.15) is 0 Å². The van der Waals surface area contributed by atoms with Gasteiger partial charge in [0.1, 0.15) is 11.6 Å². The van der Waals surface area contributed by atoms with Gasteiger partial charge in [0.2, 0.25) is 0 Å². The van der Waals surface area contributed by atoms with E-state index >= 15 is 0 Å². The van der Waals surface area contributed by atoms with Crippen LogP contribution >= 0.6 is 0 Å². The van der Waals surface area contributed by atoms with E-state index in [0.29, 0.717) is 23.4 Å². The molecule has 2 aromatic carbocycles. The summed E-state index contributed by atoms with van der Waals surface area (Å²) in [4.78, 5) is 27.4. The summed E-state index contributed by atoms with van der Waals surface area (Å²) in [5.41, 5.74) is 0.957. The highest BCUT2D eigenvalue weighted by atomic mass is 19.1.